The average Bonchev–Trinajstić information content (AvgIpc) is 3.22. The van der Waals surface area contributed by atoms with Crippen molar-refractivity contribution in [2.24, 2.45) is 7.05 Å². The highest BCUT2D eigenvalue weighted by Crippen LogP contribution is 2.53. The quantitative estimate of drug-likeness (QED) is 0.756. The minimum Gasteiger partial charge on any atom is -0.494 e. The smallest absolute Gasteiger partial charge is 0.240 e. The highest BCUT2D eigenvalue weighted by Gasteiger charge is 2.40. The average molecular weight is 328 g/mol. The summed E-state index contributed by atoms with van der Waals surface area (Å²) in [6.45, 7) is 0. The van der Waals surface area contributed by atoms with E-state index in [4.69, 9.17) is 4.84 Å². The summed E-state index contributed by atoms with van der Waals surface area (Å²) >= 11 is 1.65. The van der Waals surface area contributed by atoms with Crippen LogP contribution in [0.25, 0.3) is 10.4 Å². The van der Waals surface area contributed by atoms with Crippen LogP contribution < -0.4 is 4.84 Å². The third-order valence-electron chi connectivity index (χ3n) is 4.15. The molecule has 0 spiro atoms. The first-order valence-corrected chi connectivity index (χ1v) is 8.06. The SMILES string of the molecule is CN1Oc2c(c(O)n(C)c2O)[C@@H]1c1ccc(-c2ccccc2)s1. The molecule has 0 radical (unpaired) electrons. The van der Waals surface area contributed by atoms with Crippen LogP contribution in [0.2, 0.25) is 0 Å². The van der Waals surface area contributed by atoms with Gasteiger partial charge in [0.15, 0.2) is 0 Å². The molecule has 0 fully saturated rings. The Labute approximate surface area is 137 Å². The second-order valence-electron chi connectivity index (χ2n) is 5.56. The topological polar surface area (TPSA) is 57.9 Å². The first-order valence-electron chi connectivity index (χ1n) is 7.24. The van der Waals surface area contributed by atoms with Gasteiger partial charge < -0.3 is 15.1 Å². The predicted octanol–water partition coefficient (Wildman–Crippen LogP) is 3.49. The lowest BCUT2D eigenvalue weighted by molar-refractivity contribution is -0.0337. The number of hydroxylamine groups is 2. The van der Waals surface area contributed by atoms with Crippen molar-refractivity contribution in [2.45, 2.75) is 6.04 Å². The van der Waals surface area contributed by atoms with Gasteiger partial charge in [-0.15, -0.1) is 16.4 Å². The molecule has 2 aromatic heterocycles. The molecule has 23 heavy (non-hydrogen) atoms. The number of hydrogen-bond acceptors (Lipinski definition) is 5. The van der Waals surface area contributed by atoms with E-state index in [0.717, 1.165) is 15.3 Å². The zero-order valence-electron chi connectivity index (χ0n) is 12.7. The fourth-order valence-corrected chi connectivity index (χ4v) is 4.11. The lowest BCUT2D eigenvalue weighted by Gasteiger charge is -2.18. The zero-order chi connectivity index (χ0) is 16.1. The number of thiophene rings is 1. The zero-order valence-corrected chi connectivity index (χ0v) is 13.5. The monoisotopic (exact) mass is 328 g/mol. The Morgan fingerprint density at radius 2 is 1.74 bits per heavy atom. The van der Waals surface area contributed by atoms with E-state index in [2.05, 4.69) is 18.2 Å². The van der Waals surface area contributed by atoms with E-state index in [-0.39, 0.29) is 17.8 Å². The van der Waals surface area contributed by atoms with Gasteiger partial charge in [0, 0.05) is 23.8 Å². The Balaban J connectivity index is 1.78. The molecular weight excluding hydrogens is 312 g/mol. The molecule has 1 atom stereocenters. The van der Waals surface area contributed by atoms with Crippen LogP contribution in [-0.4, -0.2) is 26.9 Å². The number of fused-ring (bicyclic) bond motifs is 1. The maximum absolute atomic E-state index is 10.3. The van der Waals surface area contributed by atoms with Gasteiger partial charge in [-0.1, -0.05) is 30.3 Å². The molecule has 3 aromatic rings. The van der Waals surface area contributed by atoms with Gasteiger partial charge in [-0.05, 0) is 17.7 Å². The van der Waals surface area contributed by atoms with Crippen molar-refractivity contribution in [1.29, 1.82) is 0 Å². The molecule has 2 N–H and O–H groups in total. The molecule has 0 amide bonds. The molecule has 0 saturated carbocycles. The largest absolute Gasteiger partial charge is 0.494 e. The van der Waals surface area contributed by atoms with Gasteiger partial charge in [-0.25, -0.2) is 0 Å². The van der Waals surface area contributed by atoms with Crippen molar-refractivity contribution >= 4 is 11.3 Å². The van der Waals surface area contributed by atoms with Crippen LogP contribution in [0.4, 0.5) is 0 Å². The number of nitrogens with zero attached hydrogens (tertiary/aromatic N) is 2. The van der Waals surface area contributed by atoms with Gasteiger partial charge in [0.2, 0.25) is 17.5 Å². The molecule has 1 aromatic carbocycles. The van der Waals surface area contributed by atoms with Gasteiger partial charge >= 0.3 is 0 Å². The van der Waals surface area contributed by atoms with Crippen molar-refractivity contribution in [2.75, 3.05) is 7.05 Å². The third-order valence-corrected chi connectivity index (χ3v) is 5.34. The normalized spacial score (nSPS) is 17.2. The van der Waals surface area contributed by atoms with Crippen LogP contribution >= 0.6 is 11.3 Å². The fourth-order valence-electron chi connectivity index (χ4n) is 2.95. The first kappa shape index (κ1) is 14.2. The summed E-state index contributed by atoms with van der Waals surface area (Å²) in [5.41, 5.74) is 1.76. The molecule has 0 unspecified atom stereocenters. The van der Waals surface area contributed by atoms with Crippen LogP contribution in [0.15, 0.2) is 42.5 Å². The van der Waals surface area contributed by atoms with Gasteiger partial charge in [-0.2, -0.15) is 0 Å². The molecule has 1 aliphatic rings. The van der Waals surface area contributed by atoms with E-state index in [1.165, 1.54) is 4.57 Å². The number of aromatic nitrogens is 1. The van der Waals surface area contributed by atoms with E-state index in [9.17, 15) is 10.2 Å². The van der Waals surface area contributed by atoms with Crippen molar-refractivity contribution < 1.29 is 15.1 Å². The fraction of sp³-hybridized carbons (Fsp3) is 0.176. The third kappa shape index (κ3) is 2.03. The van der Waals surface area contributed by atoms with Crippen molar-refractivity contribution in [3.8, 4) is 28.0 Å². The number of rotatable bonds is 2. The van der Waals surface area contributed by atoms with E-state index in [1.807, 2.05) is 24.3 Å². The molecular formula is C17H16N2O3S. The predicted molar refractivity (Wildman–Crippen MR) is 88.7 cm³/mol. The minimum absolute atomic E-state index is 0.0292. The molecule has 118 valence electrons. The first-order chi connectivity index (χ1) is 11.1. The van der Waals surface area contributed by atoms with Gasteiger partial charge in [0.25, 0.3) is 0 Å². The van der Waals surface area contributed by atoms with Crippen LogP contribution in [0.5, 0.6) is 17.5 Å². The Kier molecular flexibility index (Phi) is 3.11. The Morgan fingerprint density at radius 3 is 2.48 bits per heavy atom. The molecule has 5 nitrogen and oxygen atoms in total. The maximum Gasteiger partial charge on any atom is 0.240 e. The summed E-state index contributed by atoms with van der Waals surface area (Å²) in [5.74, 6) is 0.292. The molecule has 4 rings (SSSR count). The van der Waals surface area contributed by atoms with Crippen molar-refractivity contribution in [1.82, 2.24) is 9.63 Å². The molecule has 0 aliphatic carbocycles. The summed E-state index contributed by atoms with van der Waals surface area (Å²) in [4.78, 5) is 7.83. The second-order valence-corrected chi connectivity index (χ2v) is 6.67. The van der Waals surface area contributed by atoms with Gasteiger partial charge in [0.1, 0.15) is 6.04 Å². The van der Waals surface area contributed by atoms with E-state index in [0.29, 0.717) is 11.3 Å². The Morgan fingerprint density at radius 1 is 1.00 bits per heavy atom. The number of hydrogen-bond donors (Lipinski definition) is 2. The molecule has 0 saturated heterocycles. The number of aromatic hydroxyl groups is 2. The highest BCUT2D eigenvalue weighted by molar-refractivity contribution is 7.15. The maximum atomic E-state index is 10.3. The van der Waals surface area contributed by atoms with Crippen LogP contribution in [-0.2, 0) is 7.05 Å². The van der Waals surface area contributed by atoms with Gasteiger partial charge in [0.05, 0.1) is 5.56 Å². The van der Waals surface area contributed by atoms with Crippen molar-refractivity contribution in [3.63, 3.8) is 0 Å². The molecule has 6 heteroatoms. The molecule has 3 heterocycles. The van der Waals surface area contributed by atoms with E-state index >= 15 is 0 Å². The van der Waals surface area contributed by atoms with Crippen LogP contribution in [0.1, 0.15) is 16.5 Å². The van der Waals surface area contributed by atoms with Gasteiger partial charge in [-0.3, -0.25) is 4.57 Å². The summed E-state index contributed by atoms with van der Waals surface area (Å²) in [5, 5.41) is 22.0. The standard InChI is InChI=1S/C17H16N2O3S/c1-18-16(20)13-14(19(2)22-15(13)17(18)21)12-9-8-11(23-12)10-6-4-3-5-7-10/h3-9,14,20-21H,1-2H3/t14-/m0/s1. The second kappa shape index (κ2) is 5.04. The summed E-state index contributed by atoms with van der Waals surface area (Å²) in [7, 11) is 3.40. The number of benzene rings is 1. The lowest BCUT2D eigenvalue weighted by Crippen LogP contribution is -2.21. The highest BCUT2D eigenvalue weighted by atomic mass is 32.1. The summed E-state index contributed by atoms with van der Waals surface area (Å²) < 4.78 is 1.33. The molecule has 1 aliphatic heterocycles. The minimum atomic E-state index is -0.237. The lowest BCUT2D eigenvalue weighted by atomic mass is 10.1. The molecule has 0 bridgehead atoms. The summed E-state index contributed by atoms with van der Waals surface area (Å²) in [6.07, 6.45) is 0. The summed E-state index contributed by atoms with van der Waals surface area (Å²) in [6, 6.07) is 14.0. The van der Waals surface area contributed by atoms with Crippen LogP contribution in [0, 0.1) is 0 Å². The van der Waals surface area contributed by atoms with E-state index < -0.39 is 0 Å². The Bertz CT molecular complexity index is 870. The van der Waals surface area contributed by atoms with Crippen molar-refractivity contribution in [3.05, 3.63) is 52.9 Å². The Hall–Kier alpha value is -2.44. The van der Waals surface area contributed by atoms with Crippen LogP contribution in [0.3, 0.4) is 0 Å². The van der Waals surface area contributed by atoms with E-state index in [1.54, 1.807) is 30.5 Å².